The quantitative estimate of drug-likeness (QED) is 0.533. The summed E-state index contributed by atoms with van der Waals surface area (Å²) in [6, 6.07) is 0. The minimum absolute atomic E-state index is 0.152. The van der Waals surface area contributed by atoms with Gasteiger partial charge < -0.3 is 19.7 Å². The van der Waals surface area contributed by atoms with E-state index in [1.165, 1.54) is 7.11 Å². The first-order chi connectivity index (χ1) is 4.77. The van der Waals surface area contributed by atoms with Gasteiger partial charge in [-0.25, -0.2) is 0 Å². The molecule has 1 heterocycles. The van der Waals surface area contributed by atoms with Crippen molar-refractivity contribution in [3.63, 3.8) is 0 Å². The maximum absolute atomic E-state index is 9.13. The van der Waals surface area contributed by atoms with Crippen LogP contribution in [0.25, 0.3) is 0 Å². The van der Waals surface area contributed by atoms with Crippen molar-refractivity contribution in [1.29, 1.82) is 0 Å². The van der Waals surface area contributed by atoms with Crippen LogP contribution in [0.1, 0.15) is 6.42 Å². The summed E-state index contributed by atoms with van der Waals surface area (Å²) in [5.74, 6) is 0. The van der Waals surface area contributed by atoms with Crippen LogP contribution in [-0.4, -0.2) is 42.4 Å². The Bertz CT molecular complexity index is 106. The molecule has 0 aromatic rings. The Kier molecular flexibility index (Phi) is 2.62. The Balaban J connectivity index is 2.36. The van der Waals surface area contributed by atoms with Gasteiger partial charge in [-0.1, -0.05) is 0 Å². The summed E-state index contributed by atoms with van der Waals surface area (Å²) in [5, 5.41) is 17.7. The summed E-state index contributed by atoms with van der Waals surface area (Å²) in [5.41, 5.74) is 0. The number of aliphatic hydroxyl groups excluding tert-OH is 2. The molecule has 0 saturated carbocycles. The highest BCUT2D eigenvalue weighted by atomic mass is 16.7. The number of methoxy groups -OCH3 is 1. The van der Waals surface area contributed by atoms with Gasteiger partial charge in [0.2, 0.25) is 0 Å². The van der Waals surface area contributed by atoms with Crippen molar-refractivity contribution >= 4 is 0 Å². The highest BCUT2D eigenvalue weighted by Crippen LogP contribution is 2.19. The lowest BCUT2D eigenvalue weighted by Gasteiger charge is -2.09. The fourth-order valence-corrected chi connectivity index (χ4v) is 1.01. The molecule has 0 aliphatic carbocycles. The van der Waals surface area contributed by atoms with E-state index in [1.807, 2.05) is 0 Å². The largest absolute Gasteiger partial charge is 0.394 e. The monoisotopic (exact) mass is 148 g/mol. The number of hydrogen-bond acceptors (Lipinski definition) is 4. The molecule has 0 bridgehead atoms. The van der Waals surface area contributed by atoms with Gasteiger partial charge in [-0.15, -0.1) is 0 Å². The van der Waals surface area contributed by atoms with Crippen molar-refractivity contribution in [2.75, 3.05) is 13.7 Å². The average molecular weight is 148 g/mol. The second kappa shape index (κ2) is 3.30. The van der Waals surface area contributed by atoms with Gasteiger partial charge in [0.05, 0.1) is 12.7 Å². The van der Waals surface area contributed by atoms with Crippen LogP contribution < -0.4 is 0 Å². The van der Waals surface area contributed by atoms with Gasteiger partial charge in [0.25, 0.3) is 0 Å². The Morgan fingerprint density at radius 1 is 1.70 bits per heavy atom. The molecule has 0 aromatic carbocycles. The van der Waals surface area contributed by atoms with Gasteiger partial charge in [0.1, 0.15) is 6.10 Å². The van der Waals surface area contributed by atoms with Crippen molar-refractivity contribution < 1.29 is 19.7 Å². The Morgan fingerprint density at radius 3 is 2.70 bits per heavy atom. The number of ether oxygens (including phenoxy) is 2. The Labute approximate surface area is 59.4 Å². The third-order valence-electron chi connectivity index (χ3n) is 1.63. The molecule has 0 unspecified atom stereocenters. The first-order valence-corrected chi connectivity index (χ1v) is 3.25. The molecule has 0 amide bonds. The number of aliphatic hydroxyl groups is 2. The van der Waals surface area contributed by atoms with Crippen LogP contribution in [0.4, 0.5) is 0 Å². The third kappa shape index (κ3) is 1.46. The molecule has 0 aromatic heterocycles. The zero-order valence-electron chi connectivity index (χ0n) is 5.86. The van der Waals surface area contributed by atoms with E-state index in [-0.39, 0.29) is 12.9 Å². The van der Waals surface area contributed by atoms with E-state index in [4.69, 9.17) is 19.7 Å². The number of rotatable bonds is 2. The standard InChI is InChI=1S/C6H12O4/c1-9-6-2-4(8)5(3-7)10-6/h4-8H,2-3H2,1H3/t4-,5+,6-/m1/s1. The van der Waals surface area contributed by atoms with Gasteiger partial charge in [-0.05, 0) is 0 Å². The van der Waals surface area contributed by atoms with E-state index in [1.54, 1.807) is 0 Å². The smallest absolute Gasteiger partial charge is 0.160 e. The van der Waals surface area contributed by atoms with Crippen molar-refractivity contribution in [1.82, 2.24) is 0 Å². The summed E-state index contributed by atoms with van der Waals surface area (Å²) in [6.45, 7) is -0.152. The van der Waals surface area contributed by atoms with E-state index < -0.39 is 12.2 Å². The SMILES string of the molecule is CO[C@H]1C[C@@H](O)[C@H](CO)O1. The molecule has 0 spiro atoms. The summed E-state index contributed by atoms with van der Waals surface area (Å²) in [7, 11) is 1.51. The maximum atomic E-state index is 9.13. The van der Waals surface area contributed by atoms with Gasteiger partial charge >= 0.3 is 0 Å². The first kappa shape index (κ1) is 7.94. The van der Waals surface area contributed by atoms with Crippen LogP contribution in [0.5, 0.6) is 0 Å². The normalized spacial score (nSPS) is 40.5. The lowest BCUT2D eigenvalue weighted by atomic mass is 10.2. The van der Waals surface area contributed by atoms with Crippen molar-refractivity contribution in [2.24, 2.45) is 0 Å². The van der Waals surface area contributed by atoms with Gasteiger partial charge in [-0.2, -0.15) is 0 Å². The summed E-state index contributed by atoms with van der Waals surface area (Å²) in [6.07, 6.45) is -0.964. The zero-order valence-corrected chi connectivity index (χ0v) is 5.86. The molecule has 2 N–H and O–H groups in total. The maximum Gasteiger partial charge on any atom is 0.160 e. The summed E-state index contributed by atoms with van der Waals surface area (Å²) < 4.78 is 9.87. The highest BCUT2D eigenvalue weighted by Gasteiger charge is 2.32. The van der Waals surface area contributed by atoms with E-state index in [0.29, 0.717) is 6.42 Å². The number of hydrogen-bond donors (Lipinski definition) is 2. The lowest BCUT2D eigenvalue weighted by Crippen LogP contribution is -2.24. The third-order valence-corrected chi connectivity index (χ3v) is 1.63. The molecule has 1 aliphatic rings. The second-order valence-electron chi connectivity index (χ2n) is 2.33. The molecular weight excluding hydrogens is 136 g/mol. The van der Waals surface area contributed by atoms with Crippen molar-refractivity contribution in [2.45, 2.75) is 24.9 Å². The molecule has 1 aliphatic heterocycles. The predicted molar refractivity (Wildman–Crippen MR) is 33.4 cm³/mol. The molecular formula is C6H12O4. The molecule has 1 saturated heterocycles. The topological polar surface area (TPSA) is 58.9 Å². The zero-order chi connectivity index (χ0) is 7.56. The van der Waals surface area contributed by atoms with Crippen LogP contribution in [0, 0.1) is 0 Å². The highest BCUT2D eigenvalue weighted by molar-refractivity contribution is 4.76. The molecule has 0 radical (unpaired) electrons. The fraction of sp³-hybridized carbons (Fsp3) is 1.00. The summed E-state index contributed by atoms with van der Waals surface area (Å²) >= 11 is 0. The lowest BCUT2D eigenvalue weighted by molar-refractivity contribution is -0.127. The molecule has 10 heavy (non-hydrogen) atoms. The minimum atomic E-state index is -0.588. The van der Waals surface area contributed by atoms with Gasteiger partial charge in [-0.3, -0.25) is 0 Å². The minimum Gasteiger partial charge on any atom is -0.394 e. The van der Waals surface area contributed by atoms with Crippen LogP contribution in [0.2, 0.25) is 0 Å². The average Bonchev–Trinajstić information content (AvgIpc) is 2.30. The molecule has 3 atom stereocenters. The molecule has 4 heteroatoms. The first-order valence-electron chi connectivity index (χ1n) is 3.25. The molecule has 60 valence electrons. The van der Waals surface area contributed by atoms with Gasteiger partial charge in [0, 0.05) is 13.5 Å². The second-order valence-corrected chi connectivity index (χ2v) is 2.33. The molecule has 1 rings (SSSR count). The van der Waals surface area contributed by atoms with Gasteiger partial charge in [0.15, 0.2) is 6.29 Å². The Morgan fingerprint density at radius 2 is 2.40 bits per heavy atom. The summed E-state index contributed by atoms with van der Waals surface area (Å²) in [4.78, 5) is 0. The fourth-order valence-electron chi connectivity index (χ4n) is 1.01. The molecule has 4 nitrogen and oxygen atoms in total. The van der Waals surface area contributed by atoms with Crippen LogP contribution >= 0.6 is 0 Å². The van der Waals surface area contributed by atoms with E-state index in [9.17, 15) is 0 Å². The van der Waals surface area contributed by atoms with Crippen LogP contribution in [-0.2, 0) is 9.47 Å². The van der Waals surface area contributed by atoms with Crippen LogP contribution in [0.15, 0.2) is 0 Å². The van der Waals surface area contributed by atoms with Crippen LogP contribution in [0.3, 0.4) is 0 Å². The Hall–Kier alpha value is -0.160. The van der Waals surface area contributed by atoms with Crippen molar-refractivity contribution in [3.05, 3.63) is 0 Å². The predicted octanol–water partition coefficient (Wildman–Crippen LogP) is -0.899. The van der Waals surface area contributed by atoms with Crippen molar-refractivity contribution in [3.8, 4) is 0 Å². The molecule has 1 fully saturated rings. The van der Waals surface area contributed by atoms with E-state index in [2.05, 4.69) is 0 Å². The van der Waals surface area contributed by atoms with E-state index >= 15 is 0 Å². The van der Waals surface area contributed by atoms with E-state index in [0.717, 1.165) is 0 Å².